The van der Waals surface area contributed by atoms with E-state index < -0.39 is 5.41 Å². The monoisotopic (exact) mass is 397 g/mol. The second-order valence-corrected chi connectivity index (χ2v) is 7.91. The Labute approximate surface area is 169 Å². The Hall–Kier alpha value is -3.00. The Morgan fingerprint density at radius 2 is 1.71 bits per heavy atom. The highest BCUT2D eigenvalue weighted by molar-refractivity contribution is 7.80. The van der Waals surface area contributed by atoms with Gasteiger partial charge in [-0.15, -0.1) is 10.2 Å². The van der Waals surface area contributed by atoms with Crippen molar-refractivity contribution in [2.45, 2.75) is 27.7 Å². The standard InChI is InChI=1S/C20H23N5O2S/c1-12-10-16-17(11-15(12)21-19(28)22-18(26)20(2,3)4)24-25(23-16)13-6-8-14(27-5)9-7-13/h6-11H,1-5H3,(H2,21,22,26,28). The van der Waals surface area contributed by atoms with E-state index in [2.05, 4.69) is 20.8 Å². The minimum absolute atomic E-state index is 0.144. The lowest BCUT2D eigenvalue weighted by molar-refractivity contribution is -0.126. The van der Waals surface area contributed by atoms with Crippen LogP contribution in [0.5, 0.6) is 5.75 Å². The second-order valence-electron chi connectivity index (χ2n) is 7.50. The first-order chi connectivity index (χ1) is 13.2. The zero-order valence-corrected chi connectivity index (χ0v) is 17.3. The summed E-state index contributed by atoms with van der Waals surface area (Å²) in [6.07, 6.45) is 0. The molecule has 0 aliphatic rings. The molecule has 3 rings (SSSR count). The summed E-state index contributed by atoms with van der Waals surface area (Å²) in [5.74, 6) is 0.628. The molecule has 0 atom stereocenters. The van der Waals surface area contributed by atoms with E-state index in [0.717, 1.165) is 28.2 Å². The summed E-state index contributed by atoms with van der Waals surface area (Å²) < 4.78 is 5.18. The number of carbonyl (C=O) groups is 1. The van der Waals surface area contributed by atoms with Crippen LogP contribution in [0.2, 0.25) is 0 Å². The lowest BCUT2D eigenvalue weighted by Gasteiger charge is -2.19. The van der Waals surface area contributed by atoms with Crippen LogP contribution in [0.15, 0.2) is 36.4 Å². The molecule has 28 heavy (non-hydrogen) atoms. The zero-order chi connectivity index (χ0) is 20.5. The maximum atomic E-state index is 12.1. The van der Waals surface area contributed by atoms with E-state index in [9.17, 15) is 4.79 Å². The average Bonchev–Trinajstić information content (AvgIpc) is 3.04. The molecular formula is C20H23N5O2S. The number of ether oxygens (including phenoxy) is 1. The van der Waals surface area contributed by atoms with Gasteiger partial charge >= 0.3 is 0 Å². The third kappa shape index (κ3) is 4.28. The molecule has 1 aromatic heterocycles. The number of amides is 1. The van der Waals surface area contributed by atoms with Gasteiger partial charge in [-0.2, -0.15) is 4.80 Å². The van der Waals surface area contributed by atoms with E-state index in [4.69, 9.17) is 17.0 Å². The van der Waals surface area contributed by atoms with Crippen LogP contribution in [-0.2, 0) is 4.79 Å². The Morgan fingerprint density at radius 3 is 2.29 bits per heavy atom. The van der Waals surface area contributed by atoms with E-state index in [1.807, 2.05) is 64.1 Å². The molecule has 7 nitrogen and oxygen atoms in total. The fourth-order valence-electron chi connectivity index (χ4n) is 2.48. The number of aromatic nitrogens is 3. The molecule has 0 saturated carbocycles. The molecule has 3 aromatic rings. The minimum Gasteiger partial charge on any atom is -0.497 e. The van der Waals surface area contributed by atoms with Crippen LogP contribution < -0.4 is 15.4 Å². The molecule has 2 aromatic carbocycles. The van der Waals surface area contributed by atoms with E-state index in [1.165, 1.54) is 0 Å². The van der Waals surface area contributed by atoms with Crippen molar-refractivity contribution in [1.82, 2.24) is 20.3 Å². The maximum Gasteiger partial charge on any atom is 0.231 e. The molecule has 146 valence electrons. The van der Waals surface area contributed by atoms with E-state index in [-0.39, 0.29) is 11.0 Å². The summed E-state index contributed by atoms with van der Waals surface area (Å²) in [7, 11) is 1.63. The molecule has 0 aliphatic heterocycles. The Morgan fingerprint density at radius 1 is 1.11 bits per heavy atom. The van der Waals surface area contributed by atoms with Crippen LogP contribution in [0.25, 0.3) is 16.7 Å². The predicted octanol–water partition coefficient (Wildman–Crippen LogP) is 3.60. The predicted molar refractivity (Wildman–Crippen MR) is 114 cm³/mol. The smallest absolute Gasteiger partial charge is 0.231 e. The van der Waals surface area contributed by atoms with Crippen molar-refractivity contribution in [2.75, 3.05) is 12.4 Å². The van der Waals surface area contributed by atoms with Gasteiger partial charge in [-0.1, -0.05) is 20.8 Å². The second kappa shape index (κ2) is 7.55. The summed E-state index contributed by atoms with van der Waals surface area (Å²) in [6.45, 7) is 7.45. The quantitative estimate of drug-likeness (QED) is 0.658. The number of hydrogen-bond acceptors (Lipinski definition) is 5. The topological polar surface area (TPSA) is 81.1 Å². The zero-order valence-electron chi connectivity index (χ0n) is 16.5. The highest BCUT2D eigenvalue weighted by Gasteiger charge is 2.22. The summed E-state index contributed by atoms with van der Waals surface area (Å²) in [6, 6.07) is 11.3. The fraction of sp³-hybridized carbons (Fsp3) is 0.300. The van der Waals surface area contributed by atoms with Gasteiger partial charge in [0.2, 0.25) is 5.91 Å². The van der Waals surface area contributed by atoms with Crippen molar-refractivity contribution in [3.8, 4) is 11.4 Å². The van der Waals surface area contributed by atoms with Gasteiger partial charge in [0.15, 0.2) is 5.11 Å². The van der Waals surface area contributed by atoms with E-state index in [1.54, 1.807) is 11.9 Å². The van der Waals surface area contributed by atoms with E-state index in [0.29, 0.717) is 5.52 Å². The third-order valence-corrected chi connectivity index (χ3v) is 4.39. The van der Waals surface area contributed by atoms with Gasteiger partial charge in [0, 0.05) is 11.1 Å². The lowest BCUT2D eigenvalue weighted by atomic mass is 9.96. The lowest BCUT2D eigenvalue weighted by Crippen LogP contribution is -2.41. The molecule has 8 heteroatoms. The molecule has 0 fully saturated rings. The van der Waals surface area contributed by atoms with Crippen molar-refractivity contribution in [3.63, 3.8) is 0 Å². The van der Waals surface area contributed by atoms with Crippen molar-refractivity contribution in [2.24, 2.45) is 5.41 Å². The summed E-state index contributed by atoms with van der Waals surface area (Å²) in [5, 5.41) is 15.1. The number of hydrogen-bond donors (Lipinski definition) is 2. The van der Waals surface area contributed by atoms with Crippen LogP contribution >= 0.6 is 12.2 Å². The maximum absolute atomic E-state index is 12.1. The SMILES string of the molecule is COc1ccc(-n2nc3cc(C)c(NC(=S)NC(=O)C(C)(C)C)cc3n2)cc1. The van der Waals surface area contributed by atoms with Gasteiger partial charge in [-0.3, -0.25) is 4.79 Å². The molecular weight excluding hydrogens is 374 g/mol. The summed E-state index contributed by atoms with van der Waals surface area (Å²) >= 11 is 5.27. The number of benzene rings is 2. The van der Waals surface area contributed by atoms with Gasteiger partial charge < -0.3 is 15.4 Å². The first kappa shape index (κ1) is 19.8. The molecule has 1 amide bonds. The summed E-state index contributed by atoms with van der Waals surface area (Å²) in [5.41, 5.74) is 3.51. The average molecular weight is 398 g/mol. The first-order valence-corrected chi connectivity index (χ1v) is 9.23. The third-order valence-electron chi connectivity index (χ3n) is 4.19. The van der Waals surface area contributed by atoms with Crippen molar-refractivity contribution >= 4 is 40.0 Å². The van der Waals surface area contributed by atoms with Gasteiger partial charge in [0.1, 0.15) is 16.8 Å². The van der Waals surface area contributed by atoms with Crippen molar-refractivity contribution in [3.05, 3.63) is 42.0 Å². The molecule has 1 heterocycles. The van der Waals surface area contributed by atoms with Crippen LogP contribution in [0.1, 0.15) is 26.3 Å². The number of fused-ring (bicyclic) bond motifs is 1. The van der Waals surface area contributed by atoms with Gasteiger partial charge in [-0.25, -0.2) is 0 Å². The number of methoxy groups -OCH3 is 1. The number of anilines is 1. The summed E-state index contributed by atoms with van der Waals surface area (Å²) in [4.78, 5) is 13.7. The highest BCUT2D eigenvalue weighted by atomic mass is 32.1. The van der Waals surface area contributed by atoms with Crippen LogP contribution in [0.4, 0.5) is 5.69 Å². The molecule has 0 radical (unpaired) electrons. The highest BCUT2D eigenvalue weighted by Crippen LogP contribution is 2.23. The number of aryl methyl sites for hydroxylation is 1. The van der Waals surface area contributed by atoms with Crippen molar-refractivity contribution in [1.29, 1.82) is 0 Å². The van der Waals surface area contributed by atoms with Crippen LogP contribution in [-0.4, -0.2) is 33.1 Å². The molecule has 0 aliphatic carbocycles. The fourth-order valence-corrected chi connectivity index (χ4v) is 2.68. The van der Waals surface area contributed by atoms with E-state index >= 15 is 0 Å². The molecule has 0 bridgehead atoms. The van der Waals surface area contributed by atoms with Crippen molar-refractivity contribution < 1.29 is 9.53 Å². The van der Waals surface area contributed by atoms with Gasteiger partial charge in [0.05, 0.1) is 12.8 Å². The number of rotatable bonds is 3. The molecule has 0 spiro atoms. The van der Waals surface area contributed by atoms with Gasteiger partial charge in [0.25, 0.3) is 0 Å². The van der Waals surface area contributed by atoms with Crippen LogP contribution in [0.3, 0.4) is 0 Å². The minimum atomic E-state index is -0.522. The largest absolute Gasteiger partial charge is 0.497 e. The first-order valence-electron chi connectivity index (χ1n) is 8.82. The normalized spacial score (nSPS) is 11.3. The van der Waals surface area contributed by atoms with Crippen LogP contribution in [0, 0.1) is 12.3 Å². The number of thiocarbonyl (C=S) groups is 1. The Bertz CT molecular complexity index is 1040. The Kier molecular flexibility index (Phi) is 5.33. The van der Waals surface area contributed by atoms with Gasteiger partial charge in [-0.05, 0) is 61.1 Å². The molecule has 2 N–H and O–H groups in total. The molecule has 0 saturated heterocycles. The Balaban J connectivity index is 1.84. The molecule has 0 unspecified atom stereocenters. The number of carbonyl (C=O) groups excluding carboxylic acids is 1. The number of nitrogens with one attached hydrogen (secondary N) is 2. The number of nitrogens with zero attached hydrogens (tertiary/aromatic N) is 3.